The SMILES string of the molecule is CCC[C@H]1CN(c2nc(CO)cs2)C[C@@H]1NC(=O)C1(COC)CC1. The minimum atomic E-state index is -0.288. The van der Waals surface area contributed by atoms with Crippen LogP contribution in [0.3, 0.4) is 0 Å². The standard InChI is InChI=1S/C17H27N3O3S/c1-3-4-12-7-20(16-18-13(9-21)10-24-16)8-14(12)19-15(22)17(5-6-17)11-23-2/h10,12,14,21H,3-9,11H2,1-2H3,(H,19,22)/t12-,14-/m0/s1. The number of amides is 1. The molecular weight excluding hydrogens is 326 g/mol. The number of nitrogens with zero attached hydrogens (tertiary/aromatic N) is 2. The van der Waals surface area contributed by atoms with Crippen molar-refractivity contribution < 1.29 is 14.6 Å². The quantitative estimate of drug-likeness (QED) is 0.745. The first kappa shape index (κ1) is 17.6. The summed E-state index contributed by atoms with van der Waals surface area (Å²) in [6, 6.07) is 0.160. The van der Waals surface area contributed by atoms with Crippen LogP contribution in [0.2, 0.25) is 0 Å². The maximum absolute atomic E-state index is 12.7. The lowest BCUT2D eigenvalue weighted by atomic mass is 9.97. The van der Waals surface area contributed by atoms with Crippen LogP contribution in [0, 0.1) is 11.3 Å². The number of thiazole rings is 1. The van der Waals surface area contributed by atoms with Gasteiger partial charge in [0.15, 0.2) is 5.13 Å². The lowest BCUT2D eigenvalue weighted by Crippen LogP contribution is -2.45. The Morgan fingerprint density at radius 2 is 2.33 bits per heavy atom. The molecule has 0 bridgehead atoms. The van der Waals surface area contributed by atoms with Gasteiger partial charge in [-0.1, -0.05) is 13.3 Å². The molecule has 24 heavy (non-hydrogen) atoms. The Labute approximate surface area is 147 Å². The van der Waals surface area contributed by atoms with Crippen molar-refractivity contribution in [1.29, 1.82) is 0 Å². The fourth-order valence-corrected chi connectivity index (χ4v) is 4.39. The largest absolute Gasteiger partial charge is 0.390 e. The van der Waals surface area contributed by atoms with Crippen molar-refractivity contribution in [3.05, 3.63) is 11.1 Å². The van der Waals surface area contributed by atoms with Crippen LogP contribution in [-0.2, 0) is 16.1 Å². The van der Waals surface area contributed by atoms with Gasteiger partial charge < -0.3 is 20.1 Å². The average molecular weight is 353 g/mol. The van der Waals surface area contributed by atoms with Crippen LogP contribution in [-0.4, -0.2) is 48.8 Å². The number of carbonyl (C=O) groups is 1. The summed E-state index contributed by atoms with van der Waals surface area (Å²) in [6.07, 6.45) is 4.05. The number of carbonyl (C=O) groups excluding carboxylic acids is 1. The maximum Gasteiger partial charge on any atom is 0.228 e. The second-order valence-corrected chi connectivity index (χ2v) is 7.86. The number of anilines is 1. The fourth-order valence-electron chi connectivity index (χ4n) is 3.55. The highest BCUT2D eigenvalue weighted by atomic mass is 32.1. The third-order valence-electron chi connectivity index (χ3n) is 5.14. The van der Waals surface area contributed by atoms with Crippen molar-refractivity contribution in [2.75, 3.05) is 31.7 Å². The van der Waals surface area contributed by atoms with E-state index >= 15 is 0 Å². The minimum Gasteiger partial charge on any atom is -0.390 e. The van der Waals surface area contributed by atoms with Gasteiger partial charge in [-0.25, -0.2) is 4.98 Å². The van der Waals surface area contributed by atoms with Crippen molar-refractivity contribution in [3.63, 3.8) is 0 Å². The van der Waals surface area contributed by atoms with E-state index in [1.165, 1.54) is 0 Å². The van der Waals surface area contributed by atoms with E-state index in [-0.39, 0.29) is 24.0 Å². The van der Waals surface area contributed by atoms with Gasteiger partial charge in [-0.3, -0.25) is 4.79 Å². The first-order valence-electron chi connectivity index (χ1n) is 8.72. The van der Waals surface area contributed by atoms with Crippen molar-refractivity contribution in [2.45, 2.75) is 45.3 Å². The van der Waals surface area contributed by atoms with Crippen LogP contribution < -0.4 is 10.2 Å². The summed E-state index contributed by atoms with van der Waals surface area (Å²) >= 11 is 1.56. The molecule has 7 heteroatoms. The predicted molar refractivity (Wildman–Crippen MR) is 94.1 cm³/mol. The smallest absolute Gasteiger partial charge is 0.228 e. The van der Waals surface area contributed by atoms with Crippen LogP contribution in [0.4, 0.5) is 5.13 Å². The van der Waals surface area contributed by atoms with E-state index in [9.17, 15) is 9.90 Å². The van der Waals surface area contributed by atoms with Gasteiger partial charge in [0, 0.05) is 25.6 Å². The predicted octanol–water partition coefficient (Wildman–Crippen LogP) is 1.78. The number of hydrogen-bond acceptors (Lipinski definition) is 6. The second-order valence-electron chi connectivity index (χ2n) is 7.03. The molecule has 0 aromatic carbocycles. The number of aliphatic hydroxyl groups is 1. The summed E-state index contributed by atoms with van der Waals surface area (Å²) in [5.41, 5.74) is 0.427. The average Bonchev–Trinajstić information content (AvgIpc) is 3.04. The number of aliphatic hydroxyl groups excluding tert-OH is 1. The molecule has 1 aliphatic heterocycles. The Morgan fingerprint density at radius 1 is 1.54 bits per heavy atom. The fraction of sp³-hybridized carbons (Fsp3) is 0.765. The zero-order valence-corrected chi connectivity index (χ0v) is 15.3. The van der Waals surface area contributed by atoms with Crippen LogP contribution in [0.1, 0.15) is 38.3 Å². The van der Waals surface area contributed by atoms with E-state index in [1.807, 2.05) is 5.38 Å². The molecule has 1 amide bonds. The van der Waals surface area contributed by atoms with Gasteiger partial charge in [0.25, 0.3) is 0 Å². The molecule has 1 aromatic heterocycles. The highest BCUT2D eigenvalue weighted by molar-refractivity contribution is 7.13. The summed E-state index contributed by atoms with van der Waals surface area (Å²) in [5, 5.41) is 15.3. The summed E-state index contributed by atoms with van der Waals surface area (Å²) in [7, 11) is 1.66. The van der Waals surface area contributed by atoms with Gasteiger partial charge in [0.2, 0.25) is 5.91 Å². The Hall–Kier alpha value is -1.18. The third-order valence-corrected chi connectivity index (χ3v) is 6.10. The third kappa shape index (κ3) is 3.58. The number of rotatable bonds is 8. The van der Waals surface area contributed by atoms with Gasteiger partial charge in [-0.05, 0) is 25.2 Å². The topological polar surface area (TPSA) is 74.7 Å². The van der Waals surface area contributed by atoms with Crippen molar-refractivity contribution in [1.82, 2.24) is 10.3 Å². The van der Waals surface area contributed by atoms with E-state index in [4.69, 9.17) is 4.74 Å². The Kier molecular flexibility index (Phi) is 5.42. The normalized spacial score (nSPS) is 25.0. The molecular formula is C17H27N3O3S. The summed E-state index contributed by atoms with van der Waals surface area (Å²) in [5.74, 6) is 0.589. The zero-order valence-electron chi connectivity index (χ0n) is 14.5. The maximum atomic E-state index is 12.7. The van der Waals surface area contributed by atoms with E-state index in [1.54, 1.807) is 18.4 Å². The van der Waals surface area contributed by atoms with Gasteiger partial charge in [-0.2, -0.15) is 0 Å². The first-order chi connectivity index (χ1) is 11.6. The zero-order chi connectivity index (χ0) is 17.2. The van der Waals surface area contributed by atoms with Crippen LogP contribution in [0.5, 0.6) is 0 Å². The van der Waals surface area contributed by atoms with Crippen LogP contribution >= 0.6 is 11.3 Å². The van der Waals surface area contributed by atoms with E-state index in [2.05, 4.69) is 22.1 Å². The summed E-state index contributed by atoms with van der Waals surface area (Å²) in [6.45, 7) is 4.37. The molecule has 1 saturated heterocycles. The van der Waals surface area contributed by atoms with Gasteiger partial charge >= 0.3 is 0 Å². The molecule has 134 valence electrons. The number of ether oxygens (including phenoxy) is 1. The molecule has 3 rings (SSSR count). The monoisotopic (exact) mass is 353 g/mol. The number of methoxy groups -OCH3 is 1. The van der Waals surface area contributed by atoms with Gasteiger partial charge in [0.05, 0.1) is 30.4 Å². The minimum absolute atomic E-state index is 0.0254. The van der Waals surface area contributed by atoms with Gasteiger partial charge in [-0.15, -0.1) is 11.3 Å². The molecule has 2 atom stereocenters. The molecule has 2 aliphatic rings. The first-order valence-corrected chi connectivity index (χ1v) is 9.60. The number of nitrogens with one attached hydrogen (secondary N) is 1. The molecule has 1 aromatic rings. The number of hydrogen-bond donors (Lipinski definition) is 2. The Balaban J connectivity index is 1.66. The molecule has 6 nitrogen and oxygen atoms in total. The van der Waals surface area contributed by atoms with E-state index in [0.717, 1.165) is 43.9 Å². The van der Waals surface area contributed by atoms with Crippen LogP contribution in [0.25, 0.3) is 0 Å². The van der Waals surface area contributed by atoms with E-state index < -0.39 is 0 Å². The molecule has 2 N–H and O–H groups in total. The molecule has 1 aliphatic carbocycles. The Bertz CT molecular complexity index is 573. The lowest BCUT2D eigenvalue weighted by molar-refractivity contribution is -0.129. The van der Waals surface area contributed by atoms with Crippen molar-refractivity contribution in [2.24, 2.45) is 11.3 Å². The number of aromatic nitrogens is 1. The molecule has 0 radical (unpaired) electrons. The van der Waals surface area contributed by atoms with Crippen molar-refractivity contribution >= 4 is 22.4 Å². The highest BCUT2D eigenvalue weighted by Gasteiger charge is 2.51. The molecule has 0 unspecified atom stereocenters. The molecule has 2 fully saturated rings. The van der Waals surface area contributed by atoms with Gasteiger partial charge in [0.1, 0.15) is 0 Å². The van der Waals surface area contributed by atoms with Crippen molar-refractivity contribution in [3.8, 4) is 0 Å². The van der Waals surface area contributed by atoms with Crippen LogP contribution in [0.15, 0.2) is 5.38 Å². The Morgan fingerprint density at radius 3 is 2.92 bits per heavy atom. The lowest BCUT2D eigenvalue weighted by Gasteiger charge is -2.22. The summed E-state index contributed by atoms with van der Waals surface area (Å²) in [4.78, 5) is 19.4. The van der Waals surface area contributed by atoms with E-state index in [0.29, 0.717) is 18.2 Å². The summed E-state index contributed by atoms with van der Waals surface area (Å²) < 4.78 is 5.23. The highest BCUT2D eigenvalue weighted by Crippen LogP contribution is 2.46. The molecule has 2 heterocycles. The second kappa shape index (κ2) is 7.37. The molecule has 1 saturated carbocycles. The molecule has 0 spiro atoms.